The van der Waals surface area contributed by atoms with Crippen molar-refractivity contribution < 1.29 is 4.84 Å². The van der Waals surface area contributed by atoms with E-state index in [0.29, 0.717) is 5.82 Å². The zero-order valence-corrected chi connectivity index (χ0v) is 4.27. The Kier molecular flexibility index (Phi) is 2.96. The molecule has 0 atom stereocenters. The summed E-state index contributed by atoms with van der Waals surface area (Å²) in [4.78, 5) is 7.81. The lowest BCUT2D eigenvalue weighted by Crippen LogP contribution is -2.07. The molecule has 0 aromatic heterocycles. The van der Waals surface area contributed by atoms with Crippen molar-refractivity contribution in [3.8, 4) is 0 Å². The second kappa shape index (κ2) is 3.36. The Balaban J connectivity index is 3.17. The van der Waals surface area contributed by atoms with Crippen LogP contribution in [-0.2, 0) is 4.84 Å². The molecule has 0 aliphatic rings. The van der Waals surface area contributed by atoms with Crippen molar-refractivity contribution in [2.75, 3.05) is 7.11 Å². The van der Waals surface area contributed by atoms with Gasteiger partial charge in [-0.25, -0.2) is 4.99 Å². The zero-order chi connectivity index (χ0) is 5.70. The third-order valence-corrected chi connectivity index (χ3v) is 0.411. The van der Waals surface area contributed by atoms with E-state index in [1.54, 1.807) is 0 Å². The van der Waals surface area contributed by atoms with Gasteiger partial charge in [0.25, 0.3) is 0 Å². The van der Waals surface area contributed by atoms with E-state index in [1.807, 2.05) is 0 Å². The monoisotopic (exact) mass is 100 g/mol. The number of rotatable bonds is 3. The van der Waals surface area contributed by atoms with Crippen LogP contribution in [0.15, 0.2) is 17.4 Å². The number of aliphatic imine (C=N–C) groups is 1. The van der Waals surface area contributed by atoms with Gasteiger partial charge in [0.1, 0.15) is 5.82 Å². The quantitative estimate of drug-likeness (QED) is 0.409. The summed E-state index contributed by atoms with van der Waals surface area (Å²) < 4.78 is 0. The number of hydrogen-bond acceptors (Lipinski definition) is 3. The highest BCUT2D eigenvalue weighted by atomic mass is 16.6. The summed E-state index contributed by atoms with van der Waals surface area (Å²) in [5.41, 5.74) is 2.37. The van der Waals surface area contributed by atoms with Gasteiger partial charge in [-0.1, -0.05) is 6.58 Å². The van der Waals surface area contributed by atoms with Crippen molar-refractivity contribution in [3.05, 3.63) is 12.4 Å². The summed E-state index contributed by atoms with van der Waals surface area (Å²) >= 11 is 0. The van der Waals surface area contributed by atoms with E-state index in [4.69, 9.17) is 0 Å². The van der Waals surface area contributed by atoms with Gasteiger partial charge in [-0.05, 0) is 6.72 Å². The Morgan fingerprint density at radius 1 is 1.86 bits per heavy atom. The third kappa shape index (κ3) is 2.99. The maximum absolute atomic E-state index is 4.41. The topological polar surface area (TPSA) is 33.6 Å². The van der Waals surface area contributed by atoms with E-state index in [-0.39, 0.29) is 0 Å². The van der Waals surface area contributed by atoms with Crippen LogP contribution in [-0.4, -0.2) is 13.8 Å². The van der Waals surface area contributed by atoms with Gasteiger partial charge in [0.05, 0.1) is 7.11 Å². The molecule has 0 rings (SSSR count). The highest BCUT2D eigenvalue weighted by Crippen LogP contribution is 1.78. The van der Waals surface area contributed by atoms with Crippen LogP contribution in [0.25, 0.3) is 0 Å². The van der Waals surface area contributed by atoms with Gasteiger partial charge >= 0.3 is 0 Å². The number of hydroxylamine groups is 1. The lowest BCUT2D eigenvalue weighted by atomic mass is 10.9. The molecule has 0 aliphatic heterocycles. The van der Waals surface area contributed by atoms with Crippen LogP contribution in [0, 0.1) is 0 Å². The number of nitrogens with one attached hydrogen (secondary N) is 1. The lowest BCUT2D eigenvalue weighted by molar-refractivity contribution is 0.117. The molecule has 0 saturated heterocycles. The van der Waals surface area contributed by atoms with E-state index in [1.165, 1.54) is 7.11 Å². The molecule has 0 spiro atoms. The van der Waals surface area contributed by atoms with Gasteiger partial charge in [-0.15, -0.1) is 0 Å². The predicted octanol–water partition coefficient (Wildman–Crippen LogP) is 0.309. The Bertz CT molecular complexity index is 79.8. The minimum atomic E-state index is 0.419. The largest absolute Gasteiger partial charge is 0.278 e. The van der Waals surface area contributed by atoms with Gasteiger partial charge in [0.15, 0.2) is 0 Å². The molecule has 0 unspecified atom stereocenters. The molecule has 0 heterocycles. The van der Waals surface area contributed by atoms with Gasteiger partial charge in [-0.2, -0.15) is 0 Å². The average molecular weight is 100 g/mol. The third-order valence-electron chi connectivity index (χ3n) is 0.411. The number of hydrogen-bond donors (Lipinski definition) is 1. The van der Waals surface area contributed by atoms with E-state index >= 15 is 0 Å². The summed E-state index contributed by atoms with van der Waals surface area (Å²) in [6.07, 6.45) is 0. The molecule has 0 aromatic carbocycles. The molecular formula is C4H8N2O. The normalized spacial score (nSPS) is 7.57. The van der Waals surface area contributed by atoms with Crippen LogP contribution in [0.4, 0.5) is 0 Å². The standard InChI is InChI=1S/C4H8N2O/c1-4(5-2)6-7-3/h6H,1-2H2,3H3. The Labute approximate surface area is 42.7 Å². The van der Waals surface area contributed by atoms with Gasteiger partial charge in [0, 0.05) is 0 Å². The molecule has 0 fully saturated rings. The Morgan fingerprint density at radius 2 is 2.43 bits per heavy atom. The van der Waals surface area contributed by atoms with Crippen LogP contribution < -0.4 is 5.48 Å². The van der Waals surface area contributed by atoms with Crippen LogP contribution in [0.2, 0.25) is 0 Å². The van der Waals surface area contributed by atoms with Crippen molar-refractivity contribution in [1.29, 1.82) is 0 Å². The molecule has 0 aromatic rings. The van der Waals surface area contributed by atoms with E-state index in [2.05, 4.69) is 28.6 Å². The molecule has 0 amide bonds. The lowest BCUT2D eigenvalue weighted by Gasteiger charge is -1.96. The van der Waals surface area contributed by atoms with E-state index < -0.39 is 0 Å². The fraction of sp³-hybridized carbons (Fsp3) is 0.250. The van der Waals surface area contributed by atoms with Crippen molar-refractivity contribution >= 4 is 6.72 Å². The van der Waals surface area contributed by atoms with Crippen molar-refractivity contribution in [2.24, 2.45) is 4.99 Å². The van der Waals surface area contributed by atoms with Gasteiger partial charge < -0.3 is 0 Å². The molecule has 3 heteroatoms. The summed E-state index contributed by atoms with van der Waals surface area (Å²) in [5, 5.41) is 0. The van der Waals surface area contributed by atoms with Crippen LogP contribution in [0.1, 0.15) is 0 Å². The first-order chi connectivity index (χ1) is 3.31. The zero-order valence-electron chi connectivity index (χ0n) is 4.27. The molecule has 0 saturated carbocycles. The minimum absolute atomic E-state index is 0.419. The van der Waals surface area contributed by atoms with Crippen LogP contribution >= 0.6 is 0 Å². The van der Waals surface area contributed by atoms with Gasteiger partial charge in [-0.3, -0.25) is 10.3 Å². The molecule has 7 heavy (non-hydrogen) atoms. The maximum atomic E-state index is 4.41. The van der Waals surface area contributed by atoms with Crippen molar-refractivity contribution in [1.82, 2.24) is 5.48 Å². The summed E-state index contributed by atoms with van der Waals surface area (Å²) in [6, 6.07) is 0. The van der Waals surface area contributed by atoms with E-state index in [0.717, 1.165) is 0 Å². The molecule has 1 N–H and O–H groups in total. The Hall–Kier alpha value is -0.830. The second-order valence-electron chi connectivity index (χ2n) is 0.911. The fourth-order valence-corrected chi connectivity index (χ4v) is 0.150. The highest BCUT2D eigenvalue weighted by molar-refractivity contribution is 5.27. The molecule has 0 radical (unpaired) electrons. The summed E-state index contributed by atoms with van der Waals surface area (Å²) in [5.74, 6) is 0.419. The van der Waals surface area contributed by atoms with Crippen LogP contribution in [0.5, 0.6) is 0 Å². The van der Waals surface area contributed by atoms with Gasteiger partial charge in [0.2, 0.25) is 0 Å². The molecule has 0 aliphatic carbocycles. The van der Waals surface area contributed by atoms with Crippen molar-refractivity contribution in [2.45, 2.75) is 0 Å². The maximum Gasteiger partial charge on any atom is 0.141 e. The van der Waals surface area contributed by atoms with Crippen molar-refractivity contribution in [3.63, 3.8) is 0 Å². The molecule has 0 bridgehead atoms. The number of nitrogens with zero attached hydrogens (tertiary/aromatic N) is 1. The first-order valence-corrected chi connectivity index (χ1v) is 1.76. The summed E-state index contributed by atoms with van der Waals surface area (Å²) in [6.45, 7) is 6.58. The average Bonchev–Trinajstić information content (AvgIpc) is 1.68. The molecule has 3 nitrogen and oxygen atoms in total. The fourth-order valence-electron chi connectivity index (χ4n) is 0.150. The SMILES string of the molecule is C=NC(=C)NOC. The summed E-state index contributed by atoms with van der Waals surface area (Å²) in [7, 11) is 1.48. The minimum Gasteiger partial charge on any atom is -0.278 e. The first kappa shape index (κ1) is 6.17. The van der Waals surface area contributed by atoms with E-state index in [9.17, 15) is 0 Å². The predicted molar refractivity (Wildman–Crippen MR) is 28.8 cm³/mol. The molecule has 40 valence electrons. The second-order valence-corrected chi connectivity index (χ2v) is 0.911. The highest BCUT2D eigenvalue weighted by Gasteiger charge is 1.76. The Morgan fingerprint density at radius 3 is 2.57 bits per heavy atom. The smallest absolute Gasteiger partial charge is 0.141 e. The first-order valence-electron chi connectivity index (χ1n) is 1.76. The van der Waals surface area contributed by atoms with Crippen LogP contribution in [0.3, 0.4) is 0 Å². The molecular weight excluding hydrogens is 92.1 g/mol.